The van der Waals surface area contributed by atoms with Crippen LogP contribution in [-0.4, -0.2) is 32.1 Å². The summed E-state index contributed by atoms with van der Waals surface area (Å²) < 4.78 is 12.9. The van der Waals surface area contributed by atoms with E-state index in [0.29, 0.717) is 0 Å². The molecule has 1 N–H and O–H groups in total. The zero-order valence-corrected chi connectivity index (χ0v) is 8.97. The van der Waals surface area contributed by atoms with Crippen LogP contribution < -0.4 is 5.32 Å². The maximum atomic E-state index is 12.9. The first-order valence-electron chi connectivity index (χ1n) is 4.74. The summed E-state index contributed by atoms with van der Waals surface area (Å²) in [6.07, 6.45) is 0. The summed E-state index contributed by atoms with van der Waals surface area (Å²) in [6, 6.07) is 4.80. The summed E-state index contributed by atoms with van der Waals surface area (Å²) >= 11 is 0. The van der Waals surface area contributed by atoms with Crippen LogP contribution in [0.15, 0.2) is 18.2 Å². The predicted molar refractivity (Wildman–Crippen MR) is 58.2 cm³/mol. The molecule has 0 saturated heterocycles. The number of rotatable bonds is 4. The van der Waals surface area contributed by atoms with Crippen molar-refractivity contribution < 1.29 is 4.39 Å². The number of benzene rings is 1. The second-order valence-corrected chi connectivity index (χ2v) is 3.69. The number of hydrogen-bond acceptors (Lipinski definition) is 2. The lowest BCUT2D eigenvalue weighted by atomic mass is 10.2. The zero-order valence-electron chi connectivity index (χ0n) is 8.97. The Labute approximate surface area is 84.7 Å². The Hall–Kier alpha value is -1.09. The van der Waals surface area contributed by atoms with Crippen molar-refractivity contribution in [3.8, 4) is 0 Å². The molecule has 0 aromatic heterocycles. The Bertz CT molecular complexity index is 297. The van der Waals surface area contributed by atoms with E-state index in [-0.39, 0.29) is 5.82 Å². The number of anilines is 1. The van der Waals surface area contributed by atoms with E-state index in [1.807, 2.05) is 21.0 Å². The fraction of sp³-hybridized carbons (Fsp3) is 0.455. The van der Waals surface area contributed by atoms with E-state index in [2.05, 4.69) is 10.2 Å². The molecule has 2 nitrogen and oxygen atoms in total. The Balaban J connectivity index is 2.53. The predicted octanol–water partition coefficient (Wildman–Crippen LogP) is 2.11. The topological polar surface area (TPSA) is 15.3 Å². The number of nitrogens with zero attached hydrogens (tertiary/aromatic N) is 1. The van der Waals surface area contributed by atoms with Gasteiger partial charge in [-0.3, -0.25) is 0 Å². The van der Waals surface area contributed by atoms with Crippen molar-refractivity contribution in [2.75, 3.05) is 32.5 Å². The summed E-state index contributed by atoms with van der Waals surface area (Å²) in [5.74, 6) is -0.192. The van der Waals surface area contributed by atoms with Crippen molar-refractivity contribution in [3.05, 3.63) is 29.6 Å². The first-order chi connectivity index (χ1) is 6.59. The molecule has 0 aliphatic rings. The standard InChI is InChI=1S/C11H17FN2/c1-9-4-5-10(12)8-11(9)13-6-7-14(2)3/h4-5,8,13H,6-7H2,1-3H3. The highest BCUT2D eigenvalue weighted by molar-refractivity contribution is 5.50. The molecule has 0 atom stereocenters. The molecule has 0 aliphatic heterocycles. The van der Waals surface area contributed by atoms with E-state index >= 15 is 0 Å². The van der Waals surface area contributed by atoms with Crippen LogP contribution in [0.2, 0.25) is 0 Å². The molecule has 0 saturated carbocycles. The van der Waals surface area contributed by atoms with Gasteiger partial charge in [0.15, 0.2) is 0 Å². The number of likely N-dealkylation sites (N-methyl/N-ethyl adjacent to an activating group) is 1. The third-order valence-electron chi connectivity index (χ3n) is 2.07. The van der Waals surface area contributed by atoms with Crippen LogP contribution in [0.3, 0.4) is 0 Å². The van der Waals surface area contributed by atoms with Crippen LogP contribution in [0, 0.1) is 12.7 Å². The zero-order chi connectivity index (χ0) is 10.6. The second kappa shape index (κ2) is 4.96. The lowest BCUT2D eigenvalue weighted by Crippen LogP contribution is -2.21. The minimum absolute atomic E-state index is 0.192. The molecular weight excluding hydrogens is 179 g/mol. The van der Waals surface area contributed by atoms with Crippen LogP contribution in [0.25, 0.3) is 0 Å². The van der Waals surface area contributed by atoms with Crippen molar-refractivity contribution in [2.24, 2.45) is 0 Å². The molecule has 0 heterocycles. The molecule has 1 aromatic rings. The molecule has 3 heteroatoms. The van der Waals surface area contributed by atoms with Gasteiger partial charge < -0.3 is 10.2 Å². The van der Waals surface area contributed by atoms with Crippen molar-refractivity contribution in [2.45, 2.75) is 6.92 Å². The number of nitrogens with one attached hydrogen (secondary N) is 1. The van der Waals surface area contributed by atoms with E-state index in [1.165, 1.54) is 12.1 Å². The first-order valence-corrected chi connectivity index (χ1v) is 4.74. The van der Waals surface area contributed by atoms with Gasteiger partial charge in [0.25, 0.3) is 0 Å². The average molecular weight is 196 g/mol. The van der Waals surface area contributed by atoms with Gasteiger partial charge in [0, 0.05) is 18.8 Å². The van der Waals surface area contributed by atoms with Crippen LogP contribution in [0.1, 0.15) is 5.56 Å². The highest BCUT2D eigenvalue weighted by Crippen LogP contribution is 2.15. The largest absolute Gasteiger partial charge is 0.383 e. The average Bonchev–Trinajstić information content (AvgIpc) is 2.10. The SMILES string of the molecule is Cc1ccc(F)cc1NCCN(C)C. The smallest absolute Gasteiger partial charge is 0.125 e. The summed E-state index contributed by atoms with van der Waals surface area (Å²) in [4.78, 5) is 2.08. The van der Waals surface area contributed by atoms with Gasteiger partial charge in [-0.25, -0.2) is 4.39 Å². The molecule has 0 bridgehead atoms. The number of aryl methyl sites for hydroxylation is 1. The molecule has 14 heavy (non-hydrogen) atoms. The fourth-order valence-electron chi connectivity index (χ4n) is 1.20. The van der Waals surface area contributed by atoms with Crippen molar-refractivity contribution in [3.63, 3.8) is 0 Å². The summed E-state index contributed by atoms with van der Waals surface area (Å²) in [5.41, 5.74) is 1.96. The van der Waals surface area contributed by atoms with Gasteiger partial charge in [0.2, 0.25) is 0 Å². The normalized spacial score (nSPS) is 10.6. The number of halogens is 1. The third kappa shape index (κ3) is 3.34. The van der Waals surface area contributed by atoms with E-state index in [0.717, 1.165) is 24.3 Å². The van der Waals surface area contributed by atoms with Gasteiger partial charge in [-0.15, -0.1) is 0 Å². The van der Waals surface area contributed by atoms with Gasteiger partial charge in [0.05, 0.1) is 0 Å². The molecule has 0 fully saturated rings. The fourth-order valence-corrected chi connectivity index (χ4v) is 1.20. The van der Waals surface area contributed by atoms with E-state index < -0.39 is 0 Å². The van der Waals surface area contributed by atoms with E-state index in [9.17, 15) is 4.39 Å². The Morgan fingerprint density at radius 3 is 2.71 bits per heavy atom. The lowest BCUT2D eigenvalue weighted by Gasteiger charge is -2.12. The molecule has 0 aliphatic carbocycles. The van der Waals surface area contributed by atoms with Crippen molar-refractivity contribution in [1.82, 2.24) is 4.90 Å². The minimum atomic E-state index is -0.192. The highest BCUT2D eigenvalue weighted by Gasteiger charge is 1.99. The Morgan fingerprint density at radius 1 is 1.36 bits per heavy atom. The van der Waals surface area contributed by atoms with Crippen molar-refractivity contribution >= 4 is 5.69 Å². The molecule has 78 valence electrons. The molecule has 0 radical (unpaired) electrons. The molecule has 0 amide bonds. The van der Waals surface area contributed by atoms with Crippen LogP contribution in [0.4, 0.5) is 10.1 Å². The maximum absolute atomic E-state index is 12.9. The van der Waals surface area contributed by atoms with E-state index in [1.54, 1.807) is 6.07 Å². The van der Waals surface area contributed by atoms with Crippen LogP contribution >= 0.6 is 0 Å². The van der Waals surface area contributed by atoms with E-state index in [4.69, 9.17) is 0 Å². The first kappa shape index (κ1) is 11.0. The maximum Gasteiger partial charge on any atom is 0.125 e. The minimum Gasteiger partial charge on any atom is -0.383 e. The Morgan fingerprint density at radius 2 is 2.07 bits per heavy atom. The number of hydrogen-bond donors (Lipinski definition) is 1. The van der Waals surface area contributed by atoms with Gasteiger partial charge >= 0.3 is 0 Å². The second-order valence-electron chi connectivity index (χ2n) is 3.69. The molecule has 1 rings (SSSR count). The van der Waals surface area contributed by atoms with Gasteiger partial charge in [-0.1, -0.05) is 6.07 Å². The lowest BCUT2D eigenvalue weighted by molar-refractivity contribution is 0.425. The molecule has 1 aromatic carbocycles. The summed E-state index contributed by atoms with van der Waals surface area (Å²) in [5, 5.41) is 3.20. The summed E-state index contributed by atoms with van der Waals surface area (Å²) in [7, 11) is 4.03. The quantitative estimate of drug-likeness (QED) is 0.793. The van der Waals surface area contributed by atoms with Crippen LogP contribution in [0.5, 0.6) is 0 Å². The summed E-state index contributed by atoms with van der Waals surface area (Å²) in [6.45, 7) is 3.74. The molecular formula is C11H17FN2. The van der Waals surface area contributed by atoms with Crippen molar-refractivity contribution in [1.29, 1.82) is 0 Å². The monoisotopic (exact) mass is 196 g/mol. The van der Waals surface area contributed by atoms with Gasteiger partial charge in [-0.2, -0.15) is 0 Å². The molecule has 0 unspecified atom stereocenters. The van der Waals surface area contributed by atoms with Gasteiger partial charge in [-0.05, 0) is 38.7 Å². The molecule has 0 spiro atoms. The van der Waals surface area contributed by atoms with Crippen LogP contribution in [-0.2, 0) is 0 Å². The Kier molecular flexibility index (Phi) is 3.89. The third-order valence-corrected chi connectivity index (χ3v) is 2.07. The highest BCUT2D eigenvalue weighted by atomic mass is 19.1. The van der Waals surface area contributed by atoms with Gasteiger partial charge in [0.1, 0.15) is 5.82 Å².